The molecule has 11 rings (SSSR count). The lowest BCUT2D eigenvalue weighted by Crippen LogP contribution is -2.11. The molecule has 0 aliphatic heterocycles. The van der Waals surface area contributed by atoms with E-state index in [1.54, 1.807) is 0 Å². The van der Waals surface area contributed by atoms with Gasteiger partial charge in [0.1, 0.15) is 16.7 Å². The first-order chi connectivity index (χ1) is 27.2. The summed E-state index contributed by atoms with van der Waals surface area (Å²) in [6.45, 7) is 0. The molecule has 3 nitrogen and oxygen atoms in total. The van der Waals surface area contributed by atoms with Crippen LogP contribution in [0.4, 0.5) is 17.1 Å². The number of benzene rings is 9. The molecule has 0 aliphatic rings. The fourth-order valence-electron chi connectivity index (χ4n) is 8.14. The summed E-state index contributed by atoms with van der Waals surface area (Å²) in [7, 11) is 0. The molecule has 0 saturated heterocycles. The molecule has 0 atom stereocenters. The van der Waals surface area contributed by atoms with Gasteiger partial charge in [0.2, 0.25) is 0 Å². The van der Waals surface area contributed by atoms with Crippen molar-refractivity contribution in [3.63, 3.8) is 0 Å². The lowest BCUT2D eigenvalue weighted by Gasteiger charge is -2.28. The van der Waals surface area contributed by atoms with Crippen LogP contribution in [0.25, 0.3) is 88.0 Å². The maximum atomic E-state index is 6.81. The number of anilines is 3. The first kappa shape index (κ1) is 31.2. The Morgan fingerprint density at radius 2 is 0.855 bits per heavy atom. The van der Waals surface area contributed by atoms with E-state index in [0.717, 1.165) is 88.8 Å². The maximum Gasteiger partial charge on any atom is 0.160 e. The van der Waals surface area contributed by atoms with Crippen LogP contribution < -0.4 is 4.90 Å². The van der Waals surface area contributed by atoms with Crippen molar-refractivity contribution in [1.82, 2.24) is 0 Å². The zero-order valence-corrected chi connectivity index (χ0v) is 29.8. The van der Waals surface area contributed by atoms with Crippen LogP contribution in [0.15, 0.2) is 209 Å². The zero-order valence-electron chi connectivity index (χ0n) is 29.8. The van der Waals surface area contributed by atoms with Crippen molar-refractivity contribution < 1.29 is 8.83 Å². The molecule has 0 amide bonds. The summed E-state index contributed by atoms with van der Waals surface area (Å²) in [6.07, 6.45) is 0. The monoisotopic (exact) mass is 703 g/mol. The van der Waals surface area contributed by atoms with Crippen LogP contribution in [-0.2, 0) is 0 Å². The largest absolute Gasteiger partial charge is 0.456 e. The predicted octanol–water partition coefficient (Wildman–Crippen LogP) is 15.1. The standard InChI is InChI=1S/C52H33NO2/c1-2-11-37(12-3-1)43-29-30-46-44-14-6-9-17-49(44)55-52(46)51(43)53(41-25-20-35(21-26-41)39-19-18-34-10-4-5-13-38(34)32-39)42-27-22-36(23-28-42)40-24-31-50-47(33-40)45-15-7-8-16-48(45)54-50/h1-33H. The minimum Gasteiger partial charge on any atom is -0.456 e. The third kappa shape index (κ3) is 5.28. The van der Waals surface area contributed by atoms with Crippen molar-refractivity contribution in [2.45, 2.75) is 0 Å². The van der Waals surface area contributed by atoms with Crippen LogP contribution >= 0.6 is 0 Å². The fraction of sp³-hybridized carbons (Fsp3) is 0. The SMILES string of the molecule is c1ccc(-c2ccc3c(oc4ccccc43)c2N(c2ccc(-c3ccc4ccccc4c3)cc2)c2ccc(-c3ccc4oc5ccccc5c4c3)cc2)cc1. The van der Waals surface area contributed by atoms with Crippen LogP contribution in [0.3, 0.4) is 0 Å². The van der Waals surface area contributed by atoms with Gasteiger partial charge >= 0.3 is 0 Å². The van der Waals surface area contributed by atoms with Crippen LogP contribution in [0.2, 0.25) is 0 Å². The molecule has 0 saturated carbocycles. The Balaban J connectivity index is 1.10. The van der Waals surface area contributed by atoms with E-state index in [4.69, 9.17) is 8.83 Å². The molecule has 0 bridgehead atoms. The van der Waals surface area contributed by atoms with Crippen molar-refractivity contribution in [3.8, 4) is 33.4 Å². The highest BCUT2D eigenvalue weighted by molar-refractivity contribution is 6.14. The third-order valence-corrected chi connectivity index (χ3v) is 10.9. The number of nitrogens with zero attached hydrogens (tertiary/aromatic N) is 1. The Labute approximate surface area is 317 Å². The number of para-hydroxylation sites is 2. The molecule has 11 aromatic rings. The topological polar surface area (TPSA) is 29.5 Å². The number of hydrogen-bond donors (Lipinski definition) is 0. The molecule has 258 valence electrons. The van der Waals surface area contributed by atoms with Crippen LogP contribution in [-0.4, -0.2) is 0 Å². The molecule has 2 aromatic heterocycles. The van der Waals surface area contributed by atoms with Crippen molar-refractivity contribution in [2.24, 2.45) is 0 Å². The molecule has 9 aromatic carbocycles. The second-order valence-corrected chi connectivity index (χ2v) is 14.1. The molecule has 0 unspecified atom stereocenters. The van der Waals surface area contributed by atoms with Gasteiger partial charge in [-0.3, -0.25) is 0 Å². The van der Waals surface area contributed by atoms with E-state index >= 15 is 0 Å². The van der Waals surface area contributed by atoms with Gasteiger partial charge in [0.05, 0.1) is 5.69 Å². The summed E-state index contributed by atoms with van der Waals surface area (Å²) < 4.78 is 13.0. The summed E-state index contributed by atoms with van der Waals surface area (Å²) >= 11 is 0. The van der Waals surface area contributed by atoms with E-state index in [1.165, 1.54) is 16.3 Å². The summed E-state index contributed by atoms with van der Waals surface area (Å²) in [5, 5.41) is 6.90. The molecule has 2 heterocycles. The highest BCUT2D eigenvalue weighted by atomic mass is 16.3. The molecular weight excluding hydrogens is 671 g/mol. The van der Waals surface area contributed by atoms with E-state index in [0.29, 0.717) is 0 Å². The minimum absolute atomic E-state index is 0.850. The molecule has 0 fully saturated rings. The second kappa shape index (κ2) is 12.6. The number of hydrogen-bond acceptors (Lipinski definition) is 3. The van der Waals surface area contributed by atoms with Gasteiger partial charge in [-0.2, -0.15) is 0 Å². The Bertz CT molecular complexity index is 3190. The van der Waals surface area contributed by atoms with Crippen molar-refractivity contribution in [3.05, 3.63) is 200 Å². The molecule has 0 N–H and O–H groups in total. The lowest BCUT2D eigenvalue weighted by atomic mass is 9.98. The Morgan fingerprint density at radius 1 is 0.309 bits per heavy atom. The van der Waals surface area contributed by atoms with Crippen molar-refractivity contribution in [1.29, 1.82) is 0 Å². The zero-order chi connectivity index (χ0) is 36.3. The van der Waals surface area contributed by atoms with Gasteiger partial charge in [-0.25, -0.2) is 0 Å². The minimum atomic E-state index is 0.850. The lowest BCUT2D eigenvalue weighted by molar-refractivity contribution is 0.668. The van der Waals surface area contributed by atoms with Gasteiger partial charge < -0.3 is 13.7 Å². The van der Waals surface area contributed by atoms with Gasteiger partial charge in [-0.15, -0.1) is 0 Å². The normalized spacial score (nSPS) is 11.6. The highest BCUT2D eigenvalue weighted by Gasteiger charge is 2.24. The average molecular weight is 704 g/mol. The predicted molar refractivity (Wildman–Crippen MR) is 229 cm³/mol. The van der Waals surface area contributed by atoms with Crippen LogP contribution in [0.5, 0.6) is 0 Å². The Kier molecular flexibility index (Phi) is 7.17. The van der Waals surface area contributed by atoms with Crippen LogP contribution in [0.1, 0.15) is 0 Å². The highest BCUT2D eigenvalue weighted by Crippen LogP contribution is 2.48. The number of furan rings is 2. The fourth-order valence-corrected chi connectivity index (χ4v) is 8.14. The van der Waals surface area contributed by atoms with E-state index < -0.39 is 0 Å². The van der Waals surface area contributed by atoms with Gasteiger partial charge in [0.15, 0.2) is 5.58 Å². The number of fused-ring (bicyclic) bond motifs is 7. The molecule has 55 heavy (non-hydrogen) atoms. The average Bonchev–Trinajstić information content (AvgIpc) is 3.83. The van der Waals surface area contributed by atoms with Crippen LogP contribution in [0, 0.1) is 0 Å². The first-order valence-electron chi connectivity index (χ1n) is 18.7. The summed E-state index contributed by atoms with van der Waals surface area (Å²) in [5.74, 6) is 0. The molecule has 0 aliphatic carbocycles. The van der Waals surface area contributed by atoms with Crippen molar-refractivity contribution in [2.75, 3.05) is 4.90 Å². The molecular formula is C52H33NO2. The van der Waals surface area contributed by atoms with Crippen molar-refractivity contribution >= 4 is 71.7 Å². The van der Waals surface area contributed by atoms with E-state index in [1.807, 2.05) is 18.2 Å². The Hall–Kier alpha value is -7.36. The van der Waals surface area contributed by atoms with Gasteiger partial charge in [0, 0.05) is 38.5 Å². The maximum absolute atomic E-state index is 6.81. The summed E-state index contributed by atoms with van der Waals surface area (Å²) in [4.78, 5) is 2.35. The smallest absolute Gasteiger partial charge is 0.160 e. The summed E-state index contributed by atoms with van der Waals surface area (Å²) in [5.41, 5.74) is 13.4. The number of rotatable bonds is 6. The van der Waals surface area contributed by atoms with E-state index in [2.05, 4.69) is 187 Å². The van der Waals surface area contributed by atoms with Gasteiger partial charge in [0.25, 0.3) is 0 Å². The first-order valence-corrected chi connectivity index (χ1v) is 18.7. The Morgan fingerprint density at radius 3 is 1.58 bits per heavy atom. The van der Waals surface area contributed by atoms with Gasteiger partial charge in [-0.1, -0.05) is 140 Å². The molecule has 0 radical (unpaired) electrons. The molecule has 3 heteroatoms. The third-order valence-electron chi connectivity index (χ3n) is 10.9. The second-order valence-electron chi connectivity index (χ2n) is 14.1. The quantitative estimate of drug-likeness (QED) is 0.173. The van der Waals surface area contributed by atoms with E-state index in [9.17, 15) is 0 Å². The van der Waals surface area contributed by atoms with E-state index in [-0.39, 0.29) is 0 Å². The molecule has 0 spiro atoms. The van der Waals surface area contributed by atoms with Gasteiger partial charge in [-0.05, 0) is 99.3 Å². The summed E-state index contributed by atoms with van der Waals surface area (Å²) in [6, 6.07) is 71.0.